The average molecular weight is 291 g/mol. The minimum Gasteiger partial charge on any atom is -0.322 e. The number of carbonyl (C=O) groups is 1. The van der Waals surface area contributed by atoms with Crippen molar-refractivity contribution in [2.24, 2.45) is 0 Å². The highest BCUT2D eigenvalue weighted by atomic mass is 19.4. The first kappa shape index (κ1) is 14.7. The number of nitrogens with one attached hydrogen (secondary N) is 3. The minimum atomic E-state index is -4.59. The molecule has 20 heavy (non-hydrogen) atoms. The average Bonchev–Trinajstić information content (AvgIpc) is 2.41. The lowest BCUT2D eigenvalue weighted by molar-refractivity contribution is -0.137. The van der Waals surface area contributed by atoms with E-state index in [1.807, 2.05) is 0 Å². The molecule has 8 heteroatoms. The molecule has 1 fully saturated rings. The van der Waals surface area contributed by atoms with Crippen molar-refractivity contribution in [2.45, 2.75) is 12.2 Å². The summed E-state index contributed by atoms with van der Waals surface area (Å²) in [6.45, 7) is 1.59. The first-order valence-corrected chi connectivity index (χ1v) is 5.99. The van der Waals surface area contributed by atoms with E-state index in [0.717, 1.165) is 0 Å². The van der Waals surface area contributed by atoms with Gasteiger partial charge in [0.25, 0.3) is 0 Å². The van der Waals surface area contributed by atoms with Crippen LogP contribution in [0.5, 0.6) is 0 Å². The predicted octanol–water partition coefficient (Wildman–Crippen LogP) is 1.34. The van der Waals surface area contributed by atoms with Gasteiger partial charge in [0.2, 0.25) is 5.91 Å². The van der Waals surface area contributed by atoms with Crippen molar-refractivity contribution in [3.8, 4) is 0 Å². The lowest BCUT2D eigenvalue weighted by atomic mass is 10.1. The Morgan fingerprint density at radius 3 is 2.65 bits per heavy atom. The monoisotopic (exact) mass is 291 g/mol. The van der Waals surface area contributed by atoms with Gasteiger partial charge in [0.15, 0.2) is 0 Å². The van der Waals surface area contributed by atoms with Gasteiger partial charge in [0, 0.05) is 19.6 Å². The van der Waals surface area contributed by atoms with E-state index in [-0.39, 0.29) is 0 Å². The summed E-state index contributed by atoms with van der Waals surface area (Å²) in [6.07, 6.45) is -4.59. The molecule has 1 amide bonds. The zero-order chi connectivity index (χ0) is 14.8. The molecule has 0 bridgehead atoms. The van der Waals surface area contributed by atoms with Gasteiger partial charge < -0.3 is 16.0 Å². The summed E-state index contributed by atoms with van der Waals surface area (Å²) in [5, 5.41) is 8.01. The molecule has 1 aromatic rings. The SMILES string of the molecule is O=C(Nc1cc(C(F)(F)F)ccc1F)C1CNCCN1. The summed E-state index contributed by atoms with van der Waals surface area (Å²) in [5.74, 6) is -1.48. The molecular formula is C12H13F4N3O. The highest BCUT2D eigenvalue weighted by Crippen LogP contribution is 2.31. The highest BCUT2D eigenvalue weighted by molar-refractivity contribution is 5.95. The Morgan fingerprint density at radius 1 is 1.30 bits per heavy atom. The van der Waals surface area contributed by atoms with Gasteiger partial charge in [-0.2, -0.15) is 13.2 Å². The van der Waals surface area contributed by atoms with Crippen LogP contribution >= 0.6 is 0 Å². The summed E-state index contributed by atoms with van der Waals surface area (Å²) < 4.78 is 51.1. The van der Waals surface area contributed by atoms with Crippen LogP contribution in [0.15, 0.2) is 18.2 Å². The van der Waals surface area contributed by atoms with Gasteiger partial charge in [-0.1, -0.05) is 0 Å². The zero-order valence-corrected chi connectivity index (χ0v) is 10.4. The lowest BCUT2D eigenvalue weighted by Gasteiger charge is -2.23. The Hall–Kier alpha value is -1.67. The zero-order valence-electron chi connectivity index (χ0n) is 10.4. The summed E-state index contributed by atoms with van der Waals surface area (Å²) >= 11 is 0. The molecule has 0 radical (unpaired) electrons. The molecule has 0 saturated carbocycles. The minimum absolute atomic E-state index is 0.340. The van der Waals surface area contributed by atoms with Crippen LogP contribution in [0.25, 0.3) is 0 Å². The van der Waals surface area contributed by atoms with Gasteiger partial charge in [-0.15, -0.1) is 0 Å². The maximum absolute atomic E-state index is 13.5. The van der Waals surface area contributed by atoms with E-state index >= 15 is 0 Å². The van der Waals surface area contributed by atoms with Gasteiger partial charge in [0.1, 0.15) is 5.82 Å². The molecule has 3 N–H and O–H groups in total. The Kier molecular flexibility index (Phi) is 4.24. The topological polar surface area (TPSA) is 53.2 Å². The number of hydrogen-bond donors (Lipinski definition) is 3. The van der Waals surface area contributed by atoms with Crippen molar-refractivity contribution in [3.63, 3.8) is 0 Å². The van der Waals surface area contributed by atoms with Crippen LogP contribution in [0.3, 0.4) is 0 Å². The van der Waals surface area contributed by atoms with Crippen molar-refractivity contribution in [1.82, 2.24) is 10.6 Å². The first-order valence-electron chi connectivity index (χ1n) is 5.99. The van der Waals surface area contributed by atoms with Gasteiger partial charge in [-0.05, 0) is 18.2 Å². The van der Waals surface area contributed by atoms with E-state index in [4.69, 9.17) is 0 Å². The third-order valence-electron chi connectivity index (χ3n) is 2.91. The predicted molar refractivity (Wildman–Crippen MR) is 64.7 cm³/mol. The normalized spacial score (nSPS) is 19.7. The second-order valence-corrected chi connectivity index (χ2v) is 4.39. The van der Waals surface area contributed by atoms with E-state index in [1.165, 1.54) is 0 Å². The van der Waals surface area contributed by atoms with E-state index < -0.39 is 35.2 Å². The lowest BCUT2D eigenvalue weighted by Crippen LogP contribution is -2.54. The molecule has 1 aliphatic heterocycles. The molecule has 1 atom stereocenters. The molecule has 4 nitrogen and oxygen atoms in total. The van der Waals surface area contributed by atoms with Crippen molar-refractivity contribution in [1.29, 1.82) is 0 Å². The number of hydrogen-bond acceptors (Lipinski definition) is 3. The number of anilines is 1. The quantitative estimate of drug-likeness (QED) is 0.721. The molecular weight excluding hydrogens is 278 g/mol. The Morgan fingerprint density at radius 2 is 2.05 bits per heavy atom. The molecule has 1 heterocycles. The number of rotatable bonds is 2. The molecule has 0 aromatic heterocycles. The van der Waals surface area contributed by atoms with Crippen LogP contribution in [-0.4, -0.2) is 31.6 Å². The maximum Gasteiger partial charge on any atom is 0.416 e. The molecule has 0 spiro atoms. The molecule has 1 aliphatic rings. The van der Waals surface area contributed by atoms with Crippen molar-refractivity contribution in [3.05, 3.63) is 29.6 Å². The van der Waals surface area contributed by atoms with Gasteiger partial charge in [-0.3, -0.25) is 4.79 Å². The van der Waals surface area contributed by atoms with Crippen LogP contribution in [0, 0.1) is 5.82 Å². The van der Waals surface area contributed by atoms with E-state index in [1.54, 1.807) is 0 Å². The number of amides is 1. The highest BCUT2D eigenvalue weighted by Gasteiger charge is 2.31. The number of halogens is 4. The first-order chi connectivity index (χ1) is 9.38. The fraction of sp³-hybridized carbons (Fsp3) is 0.417. The largest absolute Gasteiger partial charge is 0.416 e. The van der Waals surface area contributed by atoms with Crippen LogP contribution < -0.4 is 16.0 Å². The fourth-order valence-corrected chi connectivity index (χ4v) is 1.86. The van der Waals surface area contributed by atoms with E-state index in [0.29, 0.717) is 37.8 Å². The van der Waals surface area contributed by atoms with Crippen LogP contribution in [0.4, 0.5) is 23.2 Å². The second kappa shape index (κ2) is 5.76. The number of alkyl halides is 3. The fourth-order valence-electron chi connectivity index (χ4n) is 1.86. The molecule has 1 aromatic carbocycles. The Labute approximate surface area is 112 Å². The standard InChI is InChI=1S/C12H13F4N3O/c13-8-2-1-7(12(14,15)16)5-9(8)19-11(20)10-6-17-3-4-18-10/h1-2,5,10,17-18H,3-4,6H2,(H,19,20). The number of piperazine rings is 1. The summed E-state index contributed by atoms with van der Waals surface area (Å²) in [5.41, 5.74) is -1.49. The van der Waals surface area contributed by atoms with Crippen molar-refractivity contribution >= 4 is 11.6 Å². The molecule has 110 valence electrons. The van der Waals surface area contributed by atoms with Gasteiger partial charge in [0.05, 0.1) is 17.3 Å². The third kappa shape index (κ3) is 3.45. The number of carbonyl (C=O) groups excluding carboxylic acids is 1. The van der Waals surface area contributed by atoms with E-state index in [2.05, 4.69) is 16.0 Å². The maximum atomic E-state index is 13.5. The van der Waals surface area contributed by atoms with Gasteiger partial charge in [-0.25, -0.2) is 4.39 Å². The molecule has 1 unspecified atom stereocenters. The smallest absolute Gasteiger partial charge is 0.322 e. The van der Waals surface area contributed by atoms with Crippen LogP contribution in [-0.2, 0) is 11.0 Å². The Bertz CT molecular complexity index is 498. The summed E-state index contributed by atoms with van der Waals surface area (Å²) in [4.78, 5) is 11.8. The Balaban J connectivity index is 2.13. The van der Waals surface area contributed by atoms with Crippen molar-refractivity contribution in [2.75, 3.05) is 25.0 Å². The van der Waals surface area contributed by atoms with Gasteiger partial charge >= 0.3 is 6.18 Å². The molecule has 0 aliphatic carbocycles. The summed E-state index contributed by atoms with van der Waals surface area (Å²) in [6, 6.07) is 1.30. The van der Waals surface area contributed by atoms with Crippen LogP contribution in [0.1, 0.15) is 5.56 Å². The molecule has 1 saturated heterocycles. The molecule has 2 rings (SSSR count). The van der Waals surface area contributed by atoms with Crippen molar-refractivity contribution < 1.29 is 22.4 Å². The number of benzene rings is 1. The second-order valence-electron chi connectivity index (χ2n) is 4.39. The van der Waals surface area contributed by atoms with Crippen LogP contribution in [0.2, 0.25) is 0 Å². The van der Waals surface area contributed by atoms with E-state index in [9.17, 15) is 22.4 Å². The third-order valence-corrected chi connectivity index (χ3v) is 2.91. The summed E-state index contributed by atoms with van der Waals surface area (Å²) in [7, 11) is 0.